The first-order valence-electron chi connectivity index (χ1n) is 11.5. The molecule has 194 valence electrons. The fraction of sp³-hybridized carbons (Fsp3) is 0.231. The molecule has 1 heterocycles. The summed E-state index contributed by atoms with van der Waals surface area (Å²) in [5.74, 6) is -1.46. The standard InChI is InChI=1S/C26H26ClFN4O4S/c1-37(35,36)23-16-19(28)8-10-22(23)31-11-13-32(14-12-31)26(34)24(17-5-3-2-4-6-17)30-25(33)20-9-7-18(27)15-21(20)29/h2-10,15-16,24H,11-14,29H2,1H3,(H,30,33)/t24-/m1/s1. The lowest BCUT2D eigenvalue weighted by atomic mass is 10.0. The van der Waals surface area contributed by atoms with E-state index in [-0.39, 0.29) is 35.1 Å². The van der Waals surface area contributed by atoms with E-state index in [1.54, 1.807) is 35.2 Å². The van der Waals surface area contributed by atoms with Gasteiger partial charge in [-0.05, 0) is 42.0 Å². The molecule has 0 bridgehead atoms. The molecular weight excluding hydrogens is 519 g/mol. The molecule has 0 radical (unpaired) electrons. The summed E-state index contributed by atoms with van der Waals surface area (Å²) in [5, 5.41) is 3.19. The number of hydrogen-bond donors (Lipinski definition) is 2. The Kier molecular flexibility index (Phi) is 7.70. The van der Waals surface area contributed by atoms with Gasteiger partial charge in [-0.15, -0.1) is 0 Å². The highest BCUT2D eigenvalue weighted by Crippen LogP contribution is 2.28. The van der Waals surface area contributed by atoms with Crippen LogP contribution in [0.3, 0.4) is 0 Å². The van der Waals surface area contributed by atoms with E-state index in [1.165, 1.54) is 24.3 Å². The number of nitrogens with two attached hydrogens (primary N) is 1. The van der Waals surface area contributed by atoms with Crippen molar-refractivity contribution in [2.45, 2.75) is 10.9 Å². The lowest BCUT2D eigenvalue weighted by Gasteiger charge is -2.38. The second-order valence-electron chi connectivity index (χ2n) is 8.75. The zero-order valence-electron chi connectivity index (χ0n) is 20.0. The van der Waals surface area contributed by atoms with Crippen molar-refractivity contribution in [3.63, 3.8) is 0 Å². The summed E-state index contributed by atoms with van der Waals surface area (Å²) in [6, 6.07) is 16.1. The molecule has 0 spiro atoms. The molecule has 0 aliphatic carbocycles. The van der Waals surface area contributed by atoms with Crippen molar-refractivity contribution in [1.82, 2.24) is 10.2 Å². The first kappa shape index (κ1) is 26.4. The number of halogens is 2. The Hall–Kier alpha value is -3.63. The van der Waals surface area contributed by atoms with Crippen LogP contribution in [0.2, 0.25) is 5.02 Å². The van der Waals surface area contributed by atoms with Crippen molar-refractivity contribution in [2.24, 2.45) is 0 Å². The highest BCUT2D eigenvalue weighted by Gasteiger charge is 2.31. The Morgan fingerprint density at radius 2 is 1.68 bits per heavy atom. The largest absolute Gasteiger partial charge is 0.398 e. The quantitative estimate of drug-likeness (QED) is 0.461. The van der Waals surface area contributed by atoms with E-state index in [1.807, 2.05) is 11.0 Å². The summed E-state index contributed by atoms with van der Waals surface area (Å²) in [4.78, 5) is 30.0. The van der Waals surface area contributed by atoms with Gasteiger partial charge in [0.2, 0.25) is 5.91 Å². The average molecular weight is 545 g/mol. The third-order valence-electron chi connectivity index (χ3n) is 6.17. The zero-order valence-corrected chi connectivity index (χ0v) is 21.6. The minimum Gasteiger partial charge on any atom is -0.398 e. The van der Waals surface area contributed by atoms with Crippen molar-refractivity contribution in [3.05, 3.63) is 88.7 Å². The van der Waals surface area contributed by atoms with Gasteiger partial charge in [-0.2, -0.15) is 0 Å². The number of anilines is 2. The summed E-state index contributed by atoms with van der Waals surface area (Å²) in [7, 11) is -3.66. The van der Waals surface area contributed by atoms with Gasteiger partial charge < -0.3 is 20.9 Å². The topological polar surface area (TPSA) is 113 Å². The molecule has 11 heteroatoms. The minimum absolute atomic E-state index is 0.0951. The van der Waals surface area contributed by atoms with Gasteiger partial charge in [0.25, 0.3) is 5.91 Å². The zero-order chi connectivity index (χ0) is 26.7. The maximum absolute atomic E-state index is 13.7. The van der Waals surface area contributed by atoms with Crippen LogP contribution in [0.25, 0.3) is 0 Å². The lowest BCUT2D eigenvalue weighted by Crippen LogP contribution is -2.52. The monoisotopic (exact) mass is 544 g/mol. The molecule has 1 aliphatic rings. The van der Waals surface area contributed by atoms with Gasteiger partial charge in [-0.1, -0.05) is 41.9 Å². The molecule has 3 N–H and O–H groups in total. The third-order valence-corrected chi connectivity index (χ3v) is 7.53. The fourth-order valence-corrected chi connectivity index (χ4v) is 5.36. The Balaban J connectivity index is 1.53. The molecule has 2 amide bonds. The van der Waals surface area contributed by atoms with E-state index < -0.39 is 27.6 Å². The number of nitrogens with one attached hydrogen (secondary N) is 1. The number of hydrogen-bond acceptors (Lipinski definition) is 6. The minimum atomic E-state index is -3.66. The molecule has 37 heavy (non-hydrogen) atoms. The Labute approximate surface area is 219 Å². The van der Waals surface area contributed by atoms with Crippen LogP contribution >= 0.6 is 11.6 Å². The lowest BCUT2D eigenvalue weighted by molar-refractivity contribution is -0.133. The number of carbonyl (C=O) groups excluding carboxylic acids is 2. The predicted octanol–water partition coefficient (Wildman–Crippen LogP) is 3.28. The van der Waals surface area contributed by atoms with E-state index in [9.17, 15) is 22.4 Å². The van der Waals surface area contributed by atoms with Crippen LogP contribution in [0.5, 0.6) is 0 Å². The molecule has 0 unspecified atom stereocenters. The van der Waals surface area contributed by atoms with Crippen LogP contribution in [-0.2, 0) is 14.6 Å². The van der Waals surface area contributed by atoms with Gasteiger partial charge >= 0.3 is 0 Å². The molecule has 4 rings (SSSR count). The molecular formula is C26H26ClFN4O4S. The normalized spacial score (nSPS) is 14.8. The van der Waals surface area contributed by atoms with Gasteiger partial charge in [0, 0.05) is 43.1 Å². The molecule has 1 atom stereocenters. The maximum Gasteiger partial charge on any atom is 0.254 e. The second-order valence-corrected chi connectivity index (χ2v) is 11.2. The number of rotatable bonds is 6. The summed E-state index contributed by atoms with van der Waals surface area (Å²) in [5.41, 5.74) is 7.36. The Morgan fingerprint density at radius 1 is 1.00 bits per heavy atom. The Morgan fingerprint density at radius 3 is 2.30 bits per heavy atom. The predicted molar refractivity (Wildman–Crippen MR) is 141 cm³/mol. The van der Waals surface area contributed by atoms with E-state index >= 15 is 0 Å². The van der Waals surface area contributed by atoms with Gasteiger partial charge in [0.15, 0.2) is 9.84 Å². The van der Waals surface area contributed by atoms with Crippen molar-refractivity contribution < 1.29 is 22.4 Å². The van der Waals surface area contributed by atoms with Gasteiger partial charge in [-0.3, -0.25) is 9.59 Å². The molecule has 3 aromatic rings. The van der Waals surface area contributed by atoms with Crippen LogP contribution in [0, 0.1) is 5.82 Å². The van der Waals surface area contributed by atoms with Crippen LogP contribution in [0.15, 0.2) is 71.6 Å². The summed E-state index contributed by atoms with van der Waals surface area (Å²) in [6.45, 7) is 1.22. The number of benzene rings is 3. The first-order valence-corrected chi connectivity index (χ1v) is 13.8. The fourth-order valence-electron chi connectivity index (χ4n) is 4.28. The number of piperazine rings is 1. The maximum atomic E-state index is 13.7. The molecule has 3 aromatic carbocycles. The molecule has 1 aliphatic heterocycles. The third kappa shape index (κ3) is 6.03. The van der Waals surface area contributed by atoms with Gasteiger partial charge in [0.1, 0.15) is 11.9 Å². The molecule has 0 saturated carbocycles. The molecule has 1 saturated heterocycles. The Bertz CT molecular complexity index is 1430. The molecule has 0 aromatic heterocycles. The number of sulfone groups is 1. The number of nitrogen functional groups attached to an aromatic ring is 1. The number of carbonyl (C=O) groups is 2. The summed E-state index contributed by atoms with van der Waals surface area (Å²) < 4.78 is 38.2. The summed E-state index contributed by atoms with van der Waals surface area (Å²) >= 11 is 5.95. The SMILES string of the molecule is CS(=O)(=O)c1cc(F)ccc1N1CCN(C(=O)[C@H](NC(=O)c2ccc(Cl)cc2N)c2ccccc2)CC1. The summed E-state index contributed by atoms with van der Waals surface area (Å²) in [6.07, 6.45) is 1.03. The van der Waals surface area contributed by atoms with Crippen molar-refractivity contribution in [2.75, 3.05) is 43.1 Å². The van der Waals surface area contributed by atoms with Crippen molar-refractivity contribution >= 4 is 44.6 Å². The van der Waals surface area contributed by atoms with E-state index in [0.29, 0.717) is 29.4 Å². The van der Waals surface area contributed by atoms with Crippen LogP contribution < -0.4 is 16.0 Å². The van der Waals surface area contributed by atoms with Crippen LogP contribution in [0.1, 0.15) is 22.0 Å². The van der Waals surface area contributed by atoms with E-state index in [4.69, 9.17) is 17.3 Å². The smallest absolute Gasteiger partial charge is 0.254 e. The van der Waals surface area contributed by atoms with Gasteiger partial charge in [0.05, 0.1) is 16.1 Å². The van der Waals surface area contributed by atoms with E-state index in [2.05, 4.69) is 5.32 Å². The van der Waals surface area contributed by atoms with Crippen LogP contribution in [-0.4, -0.2) is 57.6 Å². The average Bonchev–Trinajstić information content (AvgIpc) is 2.87. The highest BCUT2D eigenvalue weighted by molar-refractivity contribution is 7.90. The number of amides is 2. The molecule has 1 fully saturated rings. The number of nitrogens with zero attached hydrogens (tertiary/aromatic N) is 2. The van der Waals surface area contributed by atoms with Crippen molar-refractivity contribution in [3.8, 4) is 0 Å². The molecule has 8 nitrogen and oxygen atoms in total. The first-order chi connectivity index (χ1) is 17.5. The van der Waals surface area contributed by atoms with E-state index in [0.717, 1.165) is 12.3 Å². The van der Waals surface area contributed by atoms with Gasteiger partial charge in [-0.25, -0.2) is 12.8 Å². The van der Waals surface area contributed by atoms with Crippen LogP contribution in [0.4, 0.5) is 15.8 Å². The second kappa shape index (κ2) is 10.8. The van der Waals surface area contributed by atoms with Crippen molar-refractivity contribution in [1.29, 1.82) is 0 Å². The highest BCUT2D eigenvalue weighted by atomic mass is 35.5.